The van der Waals surface area contributed by atoms with Crippen LogP contribution in [0.15, 0.2) is 26.1 Å². The summed E-state index contributed by atoms with van der Waals surface area (Å²) in [4.78, 5) is 17.1. The molecule has 2 N–H and O–H groups in total. The minimum absolute atomic E-state index is 0.0262. The largest absolute Gasteiger partial charge is 0.506 e. The van der Waals surface area contributed by atoms with E-state index in [-0.39, 0.29) is 23.6 Å². The quantitative estimate of drug-likeness (QED) is 0.620. The van der Waals surface area contributed by atoms with Crippen molar-refractivity contribution in [3.05, 3.63) is 26.6 Å². The summed E-state index contributed by atoms with van der Waals surface area (Å²) >= 11 is 6.70. The monoisotopic (exact) mass is 458 g/mol. The lowest BCUT2D eigenvalue weighted by Crippen LogP contribution is -2.43. The zero-order valence-corrected chi connectivity index (χ0v) is 17.2. The molecule has 0 spiro atoms. The second-order valence-electron chi connectivity index (χ2n) is 6.64. The molecular weight excluding hydrogens is 436 g/mol. The Labute approximate surface area is 160 Å². The molecule has 0 bridgehead atoms. The fraction of sp³-hybridized carbons (Fsp3) is 0.556. The van der Waals surface area contributed by atoms with Gasteiger partial charge in [-0.3, -0.25) is 9.79 Å². The summed E-state index contributed by atoms with van der Waals surface area (Å²) in [6.07, 6.45) is 7.31. The van der Waals surface area contributed by atoms with Crippen molar-refractivity contribution >= 4 is 44.0 Å². The van der Waals surface area contributed by atoms with Gasteiger partial charge in [0.25, 0.3) is 0 Å². The van der Waals surface area contributed by atoms with E-state index in [1.54, 1.807) is 18.3 Å². The molecule has 0 aliphatic heterocycles. The molecule has 24 heavy (non-hydrogen) atoms. The number of halogens is 2. The molecule has 0 aromatic heterocycles. The second-order valence-corrected chi connectivity index (χ2v) is 8.41. The Kier molecular flexibility index (Phi) is 7.29. The second kappa shape index (κ2) is 8.99. The van der Waals surface area contributed by atoms with Crippen LogP contribution in [0.4, 0.5) is 0 Å². The number of amides is 1. The van der Waals surface area contributed by atoms with Crippen LogP contribution in [0.5, 0.6) is 5.75 Å². The summed E-state index contributed by atoms with van der Waals surface area (Å²) < 4.78 is 1.42. The number of aromatic hydroxyl groups is 1. The molecule has 1 aromatic carbocycles. The Balaban J connectivity index is 2.11. The van der Waals surface area contributed by atoms with E-state index in [0.717, 1.165) is 17.3 Å². The minimum atomic E-state index is -0.455. The van der Waals surface area contributed by atoms with Crippen molar-refractivity contribution < 1.29 is 9.90 Å². The van der Waals surface area contributed by atoms with E-state index in [1.165, 1.54) is 19.3 Å². The highest BCUT2D eigenvalue weighted by Gasteiger charge is 2.24. The summed E-state index contributed by atoms with van der Waals surface area (Å²) in [5, 5.41) is 13.3. The van der Waals surface area contributed by atoms with Crippen LogP contribution in [0, 0.1) is 5.92 Å². The maximum absolute atomic E-state index is 12.6. The lowest BCUT2D eigenvalue weighted by Gasteiger charge is -2.25. The van der Waals surface area contributed by atoms with Crippen LogP contribution < -0.4 is 5.32 Å². The smallest absolute Gasteiger partial charge is 0.245 e. The maximum Gasteiger partial charge on any atom is 0.245 e. The predicted molar refractivity (Wildman–Crippen MR) is 105 cm³/mol. The van der Waals surface area contributed by atoms with Gasteiger partial charge in [-0.1, -0.05) is 49.0 Å². The van der Waals surface area contributed by atoms with Crippen molar-refractivity contribution in [1.82, 2.24) is 5.32 Å². The number of phenolic OH excluding ortho intramolecular Hbond substituents is 1. The average Bonchev–Trinajstić information content (AvgIpc) is 2.52. The Hall–Kier alpha value is -0.880. The molecule has 1 atom stereocenters. The fourth-order valence-corrected chi connectivity index (χ4v) is 4.18. The SMILES string of the molecule is CC(C)[C@H](N=Cc1cc(Br)cc(Br)c1O)C(=O)NC1CCCCC1. The standard InChI is InChI=1S/C18H24Br2N2O2/c1-11(2)16(18(24)22-14-6-4-3-5-7-14)21-10-12-8-13(19)9-15(20)17(12)23/h8-11,14,16,23H,3-7H2,1-2H3,(H,22,24)/t16-/m0/s1. The number of carbonyl (C=O) groups excluding carboxylic acids is 1. The van der Waals surface area contributed by atoms with Gasteiger partial charge in [0.2, 0.25) is 5.91 Å². The molecule has 0 unspecified atom stereocenters. The number of carbonyl (C=O) groups is 1. The molecule has 132 valence electrons. The van der Waals surface area contributed by atoms with Gasteiger partial charge in [0, 0.05) is 22.3 Å². The number of aliphatic imine (C=N–C) groups is 1. The highest BCUT2D eigenvalue weighted by Crippen LogP contribution is 2.30. The van der Waals surface area contributed by atoms with Gasteiger partial charge in [-0.2, -0.15) is 0 Å². The van der Waals surface area contributed by atoms with Gasteiger partial charge in [0.1, 0.15) is 11.8 Å². The first-order chi connectivity index (χ1) is 11.4. The molecule has 1 saturated carbocycles. The Morgan fingerprint density at radius 1 is 1.29 bits per heavy atom. The number of phenols is 1. The third-order valence-electron chi connectivity index (χ3n) is 4.28. The first kappa shape index (κ1) is 19.4. The summed E-state index contributed by atoms with van der Waals surface area (Å²) in [6.45, 7) is 3.97. The van der Waals surface area contributed by atoms with Gasteiger partial charge in [0.05, 0.1) is 4.47 Å². The Morgan fingerprint density at radius 3 is 2.58 bits per heavy atom. The van der Waals surface area contributed by atoms with Crippen molar-refractivity contribution in [2.75, 3.05) is 0 Å². The first-order valence-electron chi connectivity index (χ1n) is 8.40. The number of nitrogens with zero attached hydrogens (tertiary/aromatic N) is 1. The van der Waals surface area contributed by atoms with Crippen LogP contribution in [-0.4, -0.2) is 29.3 Å². The van der Waals surface area contributed by atoms with Gasteiger partial charge in [-0.05, 0) is 46.8 Å². The number of nitrogens with one attached hydrogen (secondary N) is 1. The van der Waals surface area contributed by atoms with Gasteiger partial charge in [-0.25, -0.2) is 0 Å². The Bertz CT molecular complexity index is 611. The molecule has 6 heteroatoms. The molecular formula is C18H24Br2N2O2. The van der Waals surface area contributed by atoms with Crippen LogP contribution in [0.2, 0.25) is 0 Å². The number of benzene rings is 1. The van der Waals surface area contributed by atoms with Gasteiger partial charge >= 0.3 is 0 Å². The molecule has 1 amide bonds. The van der Waals surface area contributed by atoms with E-state index >= 15 is 0 Å². The molecule has 0 heterocycles. The van der Waals surface area contributed by atoms with Crippen LogP contribution in [-0.2, 0) is 4.79 Å². The highest BCUT2D eigenvalue weighted by molar-refractivity contribution is 9.11. The molecule has 1 aromatic rings. The predicted octanol–water partition coefficient (Wildman–Crippen LogP) is 4.81. The zero-order valence-electron chi connectivity index (χ0n) is 14.1. The molecule has 1 aliphatic carbocycles. The lowest BCUT2D eigenvalue weighted by atomic mass is 9.94. The fourth-order valence-electron chi connectivity index (χ4n) is 2.92. The highest BCUT2D eigenvalue weighted by atomic mass is 79.9. The van der Waals surface area contributed by atoms with Crippen molar-refractivity contribution in [1.29, 1.82) is 0 Å². The molecule has 1 fully saturated rings. The van der Waals surface area contributed by atoms with E-state index in [2.05, 4.69) is 42.2 Å². The van der Waals surface area contributed by atoms with E-state index in [1.807, 2.05) is 13.8 Å². The minimum Gasteiger partial charge on any atom is -0.506 e. The summed E-state index contributed by atoms with van der Waals surface area (Å²) in [6, 6.07) is 3.36. The Morgan fingerprint density at radius 2 is 1.96 bits per heavy atom. The molecule has 1 aliphatic rings. The van der Waals surface area contributed by atoms with Crippen LogP contribution in [0.1, 0.15) is 51.5 Å². The van der Waals surface area contributed by atoms with Gasteiger partial charge in [-0.15, -0.1) is 0 Å². The number of rotatable bonds is 5. The molecule has 4 nitrogen and oxygen atoms in total. The van der Waals surface area contributed by atoms with Gasteiger partial charge < -0.3 is 10.4 Å². The summed E-state index contributed by atoms with van der Waals surface area (Å²) in [5.41, 5.74) is 0.576. The van der Waals surface area contributed by atoms with Crippen molar-refractivity contribution in [3.8, 4) is 5.75 Å². The number of hydrogen-bond donors (Lipinski definition) is 2. The van der Waals surface area contributed by atoms with Crippen LogP contribution in [0.25, 0.3) is 0 Å². The van der Waals surface area contributed by atoms with Gasteiger partial charge in [0.15, 0.2) is 0 Å². The summed E-state index contributed by atoms with van der Waals surface area (Å²) in [7, 11) is 0. The third kappa shape index (κ3) is 5.31. The average molecular weight is 460 g/mol. The maximum atomic E-state index is 12.6. The van der Waals surface area contributed by atoms with Crippen molar-refractivity contribution in [2.24, 2.45) is 10.9 Å². The topological polar surface area (TPSA) is 61.7 Å². The number of hydrogen-bond acceptors (Lipinski definition) is 3. The lowest BCUT2D eigenvalue weighted by molar-refractivity contribution is -0.124. The van der Waals surface area contributed by atoms with Crippen LogP contribution in [0.3, 0.4) is 0 Å². The third-order valence-corrected chi connectivity index (χ3v) is 5.35. The van der Waals surface area contributed by atoms with Crippen molar-refractivity contribution in [3.63, 3.8) is 0 Å². The first-order valence-corrected chi connectivity index (χ1v) is 9.98. The molecule has 0 radical (unpaired) electrons. The molecule has 0 saturated heterocycles. The van der Waals surface area contributed by atoms with E-state index < -0.39 is 6.04 Å². The van der Waals surface area contributed by atoms with Crippen molar-refractivity contribution in [2.45, 2.75) is 58.0 Å². The van der Waals surface area contributed by atoms with E-state index in [4.69, 9.17) is 0 Å². The summed E-state index contributed by atoms with van der Waals surface area (Å²) in [5.74, 6) is 0.182. The van der Waals surface area contributed by atoms with E-state index in [0.29, 0.717) is 10.0 Å². The van der Waals surface area contributed by atoms with E-state index in [9.17, 15) is 9.90 Å². The molecule has 2 rings (SSSR count). The van der Waals surface area contributed by atoms with Crippen LogP contribution >= 0.6 is 31.9 Å². The zero-order chi connectivity index (χ0) is 17.7. The normalized spacial score (nSPS) is 17.4.